The highest BCUT2D eigenvalue weighted by Crippen LogP contribution is 2.24. The van der Waals surface area contributed by atoms with Crippen LogP contribution in [0.2, 0.25) is 5.02 Å². The van der Waals surface area contributed by atoms with E-state index in [0.29, 0.717) is 16.3 Å². The van der Waals surface area contributed by atoms with E-state index in [1.54, 1.807) is 18.5 Å². The third-order valence-corrected chi connectivity index (χ3v) is 3.66. The normalized spacial score (nSPS) is 12.5. The molecule has 0 spiro atoms. The average molecular weight is 281 g/mol. The van der Waals surface area contributed by atoms with Gasteiger partial charge in [0.05, 0.1) is 16.4 Å². The van der Waals surface area contributed by atoms with Gasteiger partial charge in [-0.15, -0.1) is 0 Å². The maximum atomic E-state index is 12.8. The Morgan fingerprint density at radius 1 is 1.32 bits per heavy atom. The maximum Gasteiger partial charge on any atom is 0.187 e. The first kappa shape index (κ1) is 13.7. The summed E-state index contributed by atoms with van der Waals surface area (Å²) in [6.07, 6.45) is 0. The molecule has 1 heterocycles. The van der Waals surface area contributed by atoms with E-state index in [4.69, 9.17) is 11.6 Å². The van der Waals surface area contributed by atoms with Crippen molar-refractivity contribution in [1.29, 1.82) is 0 Å². The number of aryl methyl sites for hydroxylation is 1. The van der Waals surface area contributed by atoms with Gasteiger partial charge in [-0.05, 0) is 45.0 Å². The van der Waals surface area contributed by atoms with E-state index in [9.17, 15) is 9.18 Å². The predicted molar refractivity (Wildman–Crippen MR) is 72.2 cm³/mol. The molecule has 1 aromatic heterocycles. The van der Waals surface area contributed by atoms with Crippen LogP contribution in [-0.2, 0) is 0 Å². The van der Waals surface area contributed by atoms with Gasteiger partial charge in [-0.3, -0.25) is 9.48 Å². The van der Waals surface area contributed by atoms with Crippen LogP contribution >= 0.6 is 11.6 Å². The van der Waals surface area contributed by atoms with Gasteiger partial charge in [-0.2, -0.15) is 5.10 Å². The number of carbonyl (C=O) groups excluding carboxylic acids is 1. The molecular formula is C14H14ClFN2O. The maximum absolute atomic E-state index is 12.8. The summed E-state index contributed by atoms with van der Waals surface area (Å²) in [6, 6.07) is 5.02. The lowest BCUT2D eigenvalue weighted by atomic mass is 10.1. The first-order valence-electron chi connectivity index (χ1n) is 5.92. The lowest BCUT2D eigenvalue weighted by Crippen LogP contribution is -2.19. The van der Waals surface area contributed by atoms with Gasteiger partial charge in [0.1, 0.15) is 11.9 Å². The quantitative estimate of drug-likeness (QED) is 0.803. The van der Waals surface area contributed by atoms with Gasteiger partial charge in [0.2, 0.25) is 0 Å². The Morgan fingerprint density at radius 3 is 2.37 bits per heavy atom. The molecular weight excluding hydrogens is 267 g/mol. The third-order valence-electron chi connectivity index (χ3n) is 3.11. The van der Waals surface area contributed by atoms with Crippen molar-refractivity contribution in [2.24, 2.45) is 0 Å². The van der Waals surface area contributed by atoms with E-state index in [-0.39, 0.29) is 11.6 Å². The van der Waals surface area contributed by atoms with Crippen LogP contribution in [0, 0.1) is 19.7 Å². The second-order valence-corrected chi connectivity index (χ2v) is 4.85. The number of benzene rings is 1. The smallest absolute Gasteiger partial charge is 0.187 e. The van der Waals surface area contributed by atoms with Gasteiger partial charge in [0, 0.05) is 5.56 Å². The predicted octanol–water partition coefficient (Wildman–Crippen LogP) is 3.74. The van der Waals surface area contributed by atoms with Gasteiger partial charge in [-0.1, -0.05) is 11.6 Å². The van der Waals surface area contributed by atoms with Crippen molar-refractivity contribution >= 4 is 17.4 Å². The zero-order valence-corrected chi connectivity index (χ0v) is 11.7. The van der Waals surface area contributed by atoms with Crippen LogP contribution in [0.25, 0.3) is 0 Å². The monoisotopic (exact) mass is 280 g/mol. The van der Waals surface area contributed by atoms with Crippen molar-refractivity contribution in [2.45, 2.75) is 26.8 Å². The third kappa shape index (κ3) is 2.54. The molecule has 100 valence electrons. The second kappa shape index (κ2) is 5.13. The number of ketones is 1. The van der Waals surface area contributed by atoms with E-state index < -0.39 is 6.04 Å². The fourth-order valence-electron chi connectivity index (χ4n) is 1.99. The Balaban J connectivity index is 2.33. The molecule has 0 saturated carbocycles. The van der Waals surface area contributed by atoms with Crippen LogP contribution in [0.1, 0.15) is 34.7 Å². The molecule has 5 heteroatoms. The van der Waals surface area contributed by atoms with Crippen molar-refractivity contribution in [3.05, 3.63) is 52.1 Å². The summed E-state index contributed by atoms with van der Waals surface area (Å²) in [5.41, 5.74) is 1.90. The molecule has 0 aliphatic carbocycles. The van der Waals surface area contributed by atoms with Crippen molar-refractivity contribution in [1.82, 2.24) is 9.78 Å². The van der Waals surface area contributed by atoms with Crippen molar-refractivity contribution in [3.63, 3.8) is 0 Å². The molecule has 0 amide bonds. The van der Waals surface area contributed by atoms with Gasteiger partial charge < -0.3 is 0 Å². The lowest BCUT2D eigenvalue weighted by molar-refractivity contribution is 0.0926. The Hall–Kier alpha value is -1.68. The van der Waals surface area contributed by atoms with E-state index >= 15 is 0 Å². The molecule has 1 unspecified atom stereocenters. The largest absolute Gasteiger partial charge is 0.292 e. The molecule has 19 heavy (non-hydrogen) atoms. The molecule has 0 bridgehead atoms. The van der Waals surface area contributed by atoms with Crippen molar-refractivity contribution < 1.29 is 9.18 Å². The van der Waals surface area contributed by atoms with E-state index in [1.165, 1.54) is 24.3 Å². The number of rotatable bonds is 3. The number of carbonyl (C=O) groups is 1. The zero-order valence-electron chi connectivity index (χ0n) is 10.9. The Kier molecular flexibility index (Phi) is 3.71. The molecule has 1 atom stereocenters. The fraction of sp³-hybridized carbons (Fsp3) is 0.286. The van der Waals surface area contributed by atoms with Crippen molar-refractivity contribution in [3.8, 4) is 0 Å². The first-order chi connectivity index (χ1) is 8.91. The second-order valence-electron chi connectivity index (χ2n) is 4.48. The van der Waals surface area contributed by atoms with Crippen LogP contribution in [0.5, 0.6) is 0 Å². The summed E-state index contributed by atoms with van der Waals surface area (Å²) in [7, 11) is 0. The van der Waals surface area contributed by atoms with E-state index in [1.807, 2.05) is 6.92 Å². The van der Waals surface area contributed by atoms with Gasteiger partial charge in [-0.25, -0.2) is 4.39 Å². The summed E-state index contributed by atoms with van der Waals surface area (Å²) >= 11 is 6.07. The summed E-state index contributed by atoms with van der Waals surface area (Å²) in [5.74, 6) is -0.486. The molecule has 0 aliphatic heterocycles. The standard InChI is InChI=1S/C14H14ClFN2O/c1-8-13(15)9(2)18(17-8)10(3)14(19)11-4-6-12(16)7-5-11/h4-7,10H,1-3H3. The number of nitrogens with zero attached hydrogens (tertiary/aromatic N) is 2. The summed E-state index contributed by atoms with van der Waals surface area (Å²) < 4.78 is 14.4. The molecule has 0 saturated heterocycles. The Morgan fingerprint density at radius 2 is 1.89 bits per heavy atom. The molecule has 0 fully saturated rings. The summed E-state index contributed by atoms with van der Waals surface area (Å²) in [6.45, 7) is 5.36. The molecule has 0 N–H and O–H groups in total. The van der Waals surface area contributed by atoms with E-state index in [0.717, 1.165) is 5.69 Å². The number of hydrogen-bond donors (Lipinski definition) is 0. The number of Topliss-reactive ketones (excluding diaryl/α,β-unsaturated/α-hetero) is 1. The number of aromatic nitrogens is 2. The van der Waals surface area contributed by atoms with Crippen molar-refractivity contribution in [2.75, 3.05) is 0 Å². The van der Waals surface area contributed by atoms with Gasteiger partial charge >= 0.3 is 0 Å². The summed E-state index contributed by atoms with van der Waals surface area (Å²) in [4.78, 5) is 12.3. The molecule has 0 aliphatic rings. The molecule has 2 aromatic rings. The number of hydrogen-bond acceptors (Lipinski definition) is 2. The Bertz CT molecular complexity index is 619. The highest BCUT2D eigenvalue weighted by atomic mass is 35.5. The Labute approximate surface area is 116 Å². The van der Waals surface area contributed by atoms with Crippen LogP contribution in [0.3, 0.4) is 0 Å². The minimum atomic E-state index is -0.475. The molecule has 1 aromatic carbocycles. The van der Waals surface area contributed by atoms with Gasteiger partial charge in [0.25, 0.3) is 0 Å². The fourth-order valence-corrected chi connectivity index (χ4v) is 2.11. The molecule has 3 nitrogen and oxygen atoms in total. The molecule has 2 rings (SSSR count). The van der Waals surface area contributed by atoms with Crippen LogP contribution in [0.4, 0.5) is 4.39 Å². The van der Waals surface area contributed by atoms with E-state index in [2.05, 4.69) is 5.10 Å². The zero-order chi connectivity index (χ0) is 14.2. The van der Waals surface area contributed by atoms with Crippen LogP contribution < -0.4 is 0 Å². The minimum Gasteiger partial charge on any atom is -0.292 e. The van der Waals surface area contributed by atoms with Crippen LogP contribution in [-0.4, -0.2) is 15.6 Å². The topological polar surface area (TPSA) is 34.9 Å². The summed E-state index contributed by atoms with van der Waals surface area (Å²) in [5, 5.41) is 4.83. The minimum absolute atomic E-state index is 0.123. The molecule has 0 radical (unpaired) electrons. The first-order valence-corrected chi connectivity index (χ1v) is 6.30. The van der Waals surface area contributed by atoms with Gasteiger partial charge in [0.15, 0.2) is 5.78 Å². The average Bonchev–Trinajstić information content (AvgIpc) is 2.66. The highest BCUT2D eigenvalue weighted by molar-refractivity contribution is 6.31. The SMILES string of the molecule is Cc1nn(C(C)C(=O)c2ccc(F)cc2)c(C)c1Cl. The van der Waals surface area contributed by atoms with Crippen LogP contribution in [0.15, 0.2) is 24.3 Å². The number of halogens is 2. The lowest BCUT2D eigenvalue weighted by Gasteiger charge is -2.13. The highest BCUT2D eigenvalue weighted by Gasteiger charge is 2.21.